The second-order valence-corrected chi connectivity index (χ2v) is 4.59. The summed E-state index contributed by atoms with van der Waals surface area (Å²) in [6, 6.07) is 0. The van der Waals surface area contributed by atoms with Gasteiger partial charge in [0.15, 0.2) is 0 Å². The van der Waals surface area contributed by atoms with E-state index < -0.39 is 0 Å². The summed E-state index contributed by atoms with van der Waals surface area (Å²) in [4.78, 5) is 11.3. The van der Waals surface area contributed by atoms with Crippen LogP contribution in [-0.2, 0) is 9.53 Å². The first-order chi connectivity index (χ1) is 5.90. The Kier molecular flexibility index (Phi) is 2.66. The van der Waals surface area contributed by atoms with Crippen LogP contribution in [0.4, 0.5) is 0 Å². The average Bonchev–Trinajstić information content (AvgIpc) is 1.98. The van der Waals surface area contributed by atoms with Gasteiger partial charge in [0.2, 0.25) is 0 Å². The minimum absolute atomic E-state index is 0.00231. The van der Waals surface area contributed by atoms with Crippen molar-refractivity contribution >= 4 is 5.97 Å². The van der Waals surface area contributed by atoms with E-state index in [9.17, 15) is 4.79 Å². The molecule has 1 N–H and O–H groups in total. The molecule has 13 heavy (non-hydrogen) atoms. The second-order valence-electron chi connectivity index (χ2n) is 4.59. The van der Waals surface area contributed by atoms with Gasteiger partial charge in [-0.3, -0.25) is 4.79 Å². The number of carbonyl (C=O) groups excluding carboxylic acids is 1. The molecule has 76 valence electrons. The number of hydrogen-bond acceptors (Lipinski definition) is 3. The van der Waals surface area contributed by atoms with Crippen LogP contribution in [0.3, 0.4) is 0 Å². The summed E-state index contributed by atoms with van der Waals surface area (Å²) in [5.74, 6) is 0.325. The fourth-order valence-electron chi connectivity index (χ4n) is 1.72. The van der Waals surface area contributed by atoms with E-state index in [2.05, 4.69) is 19.2 Å². The molecule has 3 nitrogen and oxygen atoms in total. The van der Waals surface area contributed by atoms with Crippen LogP contribution in [0, 0.1) is 11.8 Å². The third-order valence-electron chi connectivity index (χ3n) is 2.91. The first-order valence-corrected chi connectivity index (χ1v) is 4.79. The number of esters is 1. The van der Waals surface area contributed by atoms with Gasteiger partial charge in [0.1, 0.15) is 12.0 Å². The van der Waals surface area contributed by atoms with Crippen LogP contribution < -0.4 is 5.32 Å². The molecule has 0 aromatic heterocycles. The molecule has 0 saturated carbocycles. The molecule has 0 amide bonds. The topological polar surface area (TPSA) is 38.3 Å². The van der Waals surface area contributed by atoms with Crippen LogP contribution in [0.2, 0.25) is 0 Å². The lowest BCUT2D eigenvalue weighted by atomic mass is 9.76. The first-order valence-electron chi connectivity index (χ1n) is 4.79. The lowest BCUT2D eigenvalue weighted by Gasteiger charge is -2.46. The van der Waals surface area contributed by atoms with Crippen molar-refractivity contribution in [3.63, 3.8) is 0 Å². The smallest absolute Gasteiger partial charge is 0.314 e. The molecule has 3 heteroatoms. The number of rotatable bonds is 3. The van der Waals surface area contributed by atoms with E-state index in [0.717, 1.165) is 0 Å². The van der Waals surface area contributed by atoms with Gasteiger partial charge in [0, 0.05) is 5.54 Å². The van der Waals surface area contributed by atoms with Gasteiger partial charge in [-0.15, -0.1) is 0 Å². The molecule has 0 aromatic carbocycles. The molecule has 0 radical (unpaired) electrons. The van der Waals surface area contributed by atoms with Crippen LogP contribution in [-0.4, -0.2) is 24.7 Å². The maximum absolute atomic E-state index is 11.3. The highest BCUT2D eigenvalue weighted by atomic mass is 16.6. The molecule has 1 aliphatic heterocycles. The van der Waals surface area contributed by atoms with Crippen LogP contribution in [0.1, 0.15) is 27.7 Å². The summed E-state index contributed by atoms with van der Waals surface area (Å²) in [6.45, 7) is 8.23. The Balaban J connectivity index is 2.72. The van der Waals surface area contributed by atoms with Gasteiger partial charge in [0.05, 0.1) is 0 Å². The molecule has 1 heterocycles. The Morgan fingerprint density at radius 1 is 1.46 bits per heavy atom. The van der Waals surface area contributed by atoms with Gasteiger partial charge in [-0.2, -0.15) is 0 Å². The summed E-state index contributed by atoms with van der Waals surface area (Å²) >= 11 is 0. The third-order valence-corrected chi connectivity index (χ3v) is 2.91. The van der Waals surface area contributed by atoms with Crippen LogP contribution in [0.5, 0.6) is 0 Å². The lowest BCUT2D eigenvalue weighted by molar-refractivity contribution is -0.198. The molecular formula is C10H19NO2. The normalized spacial score (nSPS) is 28.6. The molecule has 1 aliphatic rings. The van der Waals surface area contributed by atoms with E-state index >= 15 is 0 Å². The molecule has 2 atom stereocenters. The van der Waals surface area contributed by atoms with Gasteiger partial charge in [0.25, 0.3) is 0 Å². The number of cyclic esters (lactones) is 1. The molecular weight excluding hydrogens is 166 g/mol. The van der Waals surface area contributed by atoms with Gasteiger partial charge < -0.3 is 10.1 Å². The van der Waals surface area contributed by atoms with Crippen molar-refractivity contribution in [3.05, 3.63) is 0 Å². The van der Waals surface area contributed by atoms with Crippen molar-refractivity contribution < 1.29 is 9.53 Å². The summed E-state index contributed by atoms with van der Waals surface area (Å²) in [7, 11) is 1.88. The Bertz CT molecular complexity index is 211. The van der Waals surface area contributed by atoms with Crippen molar-refractivity contribution in [2.24, 2.45) is 11.8 Å². The zero-order chi connectivity index (χ0) is 10.2. The summed E-state index contributed by atoms with van der Waals surface area (Å²) < 4.78 is 5.12. The largest absolute Gasteiger partial charge is 0.461 e. The zero-order valence-electron chi connectivity index (χ0n) is 9.05. The molecule has 2 unspecified atom stereocenters. The number of carbonyl (C=O) groups is 1. The minimum atomic E-state index is -0.162. The van der Waals surface area contributed by atoms with E-state index in [-0.39, 0.29) is 23.5 Å². The Morgan fingerprint density at radius 2 is 2.00 bits per heavy atom. The first kappa shape index (κ1) is 10.5. The van der Waals surface area contributed by atoms with Crippen molar-refractivity contribution in [3.8, 4) is 0 Å². The number of hydrogen-bond donors (Lipinski definition) is 1. The van der Waals surface area contributed by atoms with Crippen molar-refractivity contribution in [2.75, 3.05) is 7.05 Å². The van der Waals surface area contributed by atoms with Crippen LogP contribution in [0.25, 0.3) is 0 Å². The van der Waals surface area contributed by atoms with E-state index in [1.165, 1.54) is 0 Å². The zero-order valence-corrected chi connectivity index (χ0v) is 9.05. The quantitative estimate of drug-likeness (QED) is 0.671. The molecule has 0 aliphatic carbocycles. The average molecular weight is 185 g/mol. The second kappa shape index (κ2) is 3.29. The highest BCUT2D eigenvalue weighted by Crippen LogP contribution is 2.36. The van der Waals surface area contributed by atoms with Crippen LogP contribution >= 0.6 is 0 Å². The summed E-state index contributed by atoms with van der Waals surface area (Å²) in [5, 5.41) is 3.16. The Hall–Kier alpha value is -0.570. The summed E-state index contributed by atoms with van der Waals surface area (Å²) in [5.41, 5.74) is -0.162. The molecule has 0 spiro atoms. The van der Waals surface area contributed by atoms with E-state index in [1.54, 1.807) is 0 Å². The SMILES string of the molecule is CNC(C)(C)C1C(=O)OC1C(C)C. The number of ether oxygens (including phenoxy) is 1. The highest BCUT2D eigenvalue weighted by Gasteiger charge is 2.51. The van der Waals surface area contributed by atoms with E-state index in [4.69, 9.17) is 4.74 Å². The van der Waals surface area contributed by atoms with Crippen molar-refractivity contribution in [1.82, 2.24) is 5.32 Å². The Morgan fingerprint density at radius 3 is 2.31 bits per heavy atom. The lowest BCUT2D eigenvalue weighted by Crippen LogP contribution is -2.62. The maximum Gasteiger partial charge on any atom is 0.314 e. The standard InChI is InChI=1S/C10H19NO2/c1-6(2)8-7(9(12)13-8)10(3,4)11-5/h6-8,11H,1-5H3. The van der Waals surface area contributed by atoms with E-state index in [1.807, 2.05) is 20.9 Å². The fraction of sp³-hybridized carbons (Fsp3) is 0.900. The molecule has 1 fully saturated rings. The van der Waals surface area contributed by atoms with Gasteiger partial charge >= 0.3 is 5.97 Å². The Labute approximate surface area is 79.8 Å². The number of nitrogens with one attached hydrogen (secondary N) is 1. The highest BCUT2D eigenvalue weighted by molar-refractivity contribution is 5.80. The third kappa shape index (κ3) is 1.70. The monoisotopic (exact) mass is 185 g/mol. The molecule has 0 bridgehead atoms. The van der Waals surface area contributed by atoms with Gasteiger partial charge in [-0.05, 0) is 26.8 Å². The van der Waals surface area contributed by atoms with E-state index in [0.29, 0.717) is 5.92 Å². The predicted octanol–water partition coefficient (Wildman–Crippen LogP) is 1.18. The molecule has 0 aromatic rings. The molecule has 1 saturated heterocycles. The van der Waals surface area contributed by atoms with Crippen molar-refractivity contribution in [2.45, 2.75) is 39.3 Å². The fourth-order valence-corrected chi connectivity index (χ4v) is 1.72. The van der Waals surface area contributed by atoms with Crippen LogP contribution in [0.15, 0.2) is 0 Å². The van der Waals surface area contributed by atoms with Gasteiger partial charge in [-0.25, -0.2) is 0 Å². The van der Waals surface area contributed by atoms with Crippen molar-refractivity contribution in [1.29, 1.82) is 0 Å². The molecule has 1 rings (SSSR count). The minimum Gasteiger partial charge on any atom is -0.461 e. The summed E-state index contributed by atoms with van der Waals surface area (Å²) in [6.07, 6.45) is 0.0787. The van der Waals surface area contributed by atoms with Gasteiger partial charge in [-0.1, -0.05) is 13.8 Å². The maximum atomic E-state index is 11.3. The predicted molar refractivity (Wildman–Crippen MR) is 51.3 cm³/mol.